The fraction of sp³-hybridized carbons (Fsp3) is 0.632. The summed E-state index contributed by atoms with van der Waals surface area (Å²) in [6, 6.07) is 3.22. The summed E-state index contributed by atoms with van der Waals surface area (Å²) < 4.78 is 11.5. The molecule has 3 aliphatic rings. The van der Waals surface area contributed by atoms with E-state index < -0.39 is 6.04 Å². The minimum Gasteiger partial charge on any atom is -0.475 e. The van der Waals surface area contributed by atoms with Crippen LogP contribution in [0.5, 0.6) is 5.88 Å². The number of hydrogen-bond acceptors (Lipinski definition) is 5. The number of carbonyl (C=O) groups excluding carboxylic acids is 2. The summed E-state index contributed by atoms with van der Waals surface area (Å²) in [4.78, 5) is 28.8. The number of hydrogen-bond donors (Lipinski definition) is 2. The van der Waals surface area contributed by atoms with E-state index in [-0.39, 0.29) is 29.7 Å². The van der Waals surface area contributed by atoms with E-state index in [9.17, 15) is 9.59 Å². The highest BCUT2D eigenvalue weighted by Crippen LogP contribution is 2.43. The van der Waals surface area contributed by atoms with Gasteiger partial charge in [-0.1, -0.05) is 6.07 Å². The second kappa shape index (κ2) is 7.23. The number of nitrogens with one attached hydrogen (secondary N) is 2. The van der Waals surface area contributed by atoms with Crippen LogP contribution in [0.4, 0.5) is 0 Å². The number of nitrogens with zero attached hydrogens (tertiary/aromatic N) is 1. The molecular weight excluding hydrogens is 334 g/mol. The van der Waals surface area contributed by atoms with E-state index in [0.29, 0.717) is 24.8 Å². The SMILES string of the molecule is CC1C[C@H](NC(=O)c2ccc(C3CC3)c(OCC3CCCO3)n2)C(=O)N1. The van der Waals surface area contributed by atoms with Gasteiger partial charge in [-0.3, -0.25) is 9.59 Å². The smallest absolute Gasteiger partial charge is 0.270 e. The minimum absolute atomic E-state index is 0.0725. The van der Waals surface area contributed by atoms with Gasteiger partial charge < -0.3 is 20.1 Å². The second-order valence-electron chi connectivity index (χ2n) is 7.48. The molecule has 0 aromatic carbocycles. The molecule has 0 bridgehead atoms. The van der Waals surface area contributed by atoms with Crippen molar-refractivity contribution in [1.29, 1.82) is 0 Å². The van der Waals surface area contributed by atoms with Gasteiger partial charge in [0.15, 0.2) is 0 Å². The maximum atomic E-state index is 12.5. The van der Waals surface area contributed by atoms with Crippen LogP contribution in [0.1, 0.15) is 61.0 Å². The van der Waals surface area contributed by atoms with Gasteiger partial charge in [-0.15, -0.1) is 0 Å². The van der Waals surface area contributed by atoms with Crippen LogP contribution in [0.15, 0.2) is 12.1 Å². The van der Waals surface area contributed by atoms with Crippen molar-refractivity contribution in [2.24, 2.45) is 0 Å². The summed E-state index contributed by atoms with van der Waals surface area (Å²) in [7, 11) is 0. The molecule has 7 nitrogen and oxygen atoms in total. The lowest BCUT2D eigenvalue weighted by Crippen LogP contribution is -2.40. The second-order valence-corrected chi connectivity index (χ2v) is 7.48. The highest BCUT2D eigenvalue weighted by atomic mass is 16.5. The number of carbonyl (C=O) groups is 2. The van der Waals surface area contributed by atoms with Crippen LogP contribution in [-0.2, 0) is 9.53 Å². The molecule has 2 amide bonds. The Morgan fingerprint density at radius 3 is 2.88 bits per heavy atom. The molecule has 1 aliphatic carbocycles. The highest BCUT2D eigenvalue weighted by Gasteiger charge is 2.32. The lowest BCUT2D eigenvalue weighted by atomic mass is 10.1. The molecule has 1 aromatic heterocycles. The Bertz CT molecular complexity index is 698. The van der Waals surface area contributed by atoms with Gasteiger partial charge in [-0.2, -0.15) is 0 Å². The summed E-state index contributed by atoms with van der Waals surface area (Å²) in [6.45, 7) is 3.16. The summed E-state index contributed by atoms with van der Waals surface area (Å²) in [6.07, 6.45) is 5.00. The molecule has 1 aromatic rings. The van der Waals surface area contributed by atoms with Crippen LogP contribution in [0.2, 0.25) is 0 Å². The van der Waals surface area contributed by atoms with Crippen LogP contribution in [0.25, 0.3) is 0 Å². The minimum atomic E-state index is -0.501. The van der Waals surface area contributed by atoms with Gasteiger partial charge in [-0.25, -0.2) is 4.98 Å². The predicted octanol–water partition coefficient (Wildman–Crippen LogP) is 1.52. The van der Waals surface area contributed by atoms with Crippen molar-refractivity contribution < 1.29 is 19.1 Å². The molecule has 2 saturated heterocycles. The zero-order valence-electron chi connectivity index (χ0n) is 15.0. The monoisotopic (exact) mass is 359 g/mol. The van der Waals surface area contributed by atoms with E-state index in [2.05, 4.69) is 15.6 Å². The first-order valence-corrected chi connectivity index (χ1v) is 9.46. The van der Waals surface area contributed by atoms with Gasteiger partial charge in [0.2, 0.25) is 11.8 Å². The van der Waals surface area contributed by atoms with Crippen LogP contribution >= 0.6 is 0 Å². The Labute approximate surface area is 152 Å². The molecule has 0 radical (unpaired) electrons. The lowest BCUT2D eigenvalue weighted by molar-refractivity contribution is -0.120. The van der Waals surface area contributed by atoms with Crippen LogP contribution in [0, 0.1) is 0 Å². The van der Waals surface area contributed by atoms with E-state index in [0.717, 1.165) is 37.9 Å². The van der Waals surface area contributed by atoms with Crippen LogP contribution < -0.4 is 15.4 Å². The Kier molecular flexibility index (Phi) is 4.80. The van der Waals surface area contributed by atoms with E-state index in [1.165, 1.54) is 0 Å². The first-order chi connectivity index (χ1) is 12.6. The van der Waals surface area contributed by atoms with Crippen molar-refractivity contribution in [2.45, 2.75) is 63.1 Å². The standard InChI is InChI=1S/C19H25N3O4/c1-11-9-16(18(24)20-11)21-17(23)15-7-6-14(12-4-5-12)19(22-15)26-10-13-3-2-8-25-13/h6-7,11-13,16H,2-5,8-10H2,1H3,(H,20,24)(H,21,23)/t11?,13?,16-/m0/s1. The molecule has 4 rings (SSSR count). The molecular formula is C19H25N3O4. The summed E-state index contributed by atoms with van der Waals surface area (Å²) in [5, 5.41) is 5.58. The number of ether oxygens (including phenoxy) is 2. The Hall–Kier alpha value is -2.15. The van der Waals surface area contributed by atoms with Gasteiger partial charge in [0.25, 0.3) is 5.91 Å². The number of amides is 2. The summed E-state index contributed by atoms with van der Waals surface area (Å²) in [5.74, 6) is 0.513. The Morgan fingerprint density at radius 2 is 2.23 bits per heavy atom. The van der Waals surface area contributed by atoms with Gasteiger partial charge in [0.05, 0.1) is 6.10 Å². The normalized spacial score (nSPS) is 28.0. The third-order valence-electron chi connectivity index (χ3n) is 5.17. The van der Waals surface area contributed by atoms with E-state index in [1.54, 1.807) is 6.07 Å². The Balaban J connectivity index is 1.46. The maximum absolute atomic E-state index is 12.5. The first-order valence-electron chi connectivity index (χ1n) is 9.46. The molecule has 7 heteroatoms. The summed E-state index contributed by atoms with van der Waals surface area (Å²) >= 11 is 0. The molecule has 3 heterocycles. The number of pyridine rings is 1. The molecule has 2 unspecified atom stereocenters. The average Bonchev–Trinajstić information content (AvgIpc) is 3.24. The largest absolute Gasteiger partial charge is 0.475 e. The van der Waals surface area contributed by atoms with E-state index in [1.807, 2.05) is 13.0 Å². The first kappa shape index (κ1) is 17.3. The molecule has 26 heavy (non-hydrogen) atoms. The zero-order valence-corrected chi connectivity index (χ0v) is 15.0. The van der Waals surface area contributed by atoms with Crippen molar-refractivity contribution in [3.63, 3.8) is 0 Å². The van der Waals surface area contributed by atoms with Crippen molar-refractivity contribution >= 4 is 11.8 Å². The molecule has 0 spiro atoms. The lowest BCUT2D eigenvalue weighted by Gasteiger charge is -2.15. The Morgan fingerprint density at radius 1 is 1.38 bits per heavy atom. The topological polar surface area (TPSA) is 89.6 Å². The van der Waals surface area contributed by atoms with Gasteiger partial charge in [0, 0.05) is 18.2 Å². The van der Waals surface area contributed by atoms with Gasteiger partial charge in [-0.05, 0) is 51.0 Å². The summed E-state index contributed by atoms with van der Waals surface area (Å²) in [5.41, 5.74) is 1.34. The molecule has 2 N–H and O–H groups in total. The van der Waals surface area contributed by atoms with E-state index in [4.69, 9.17) is 9.47 Å². The molecule has 3 atom stereocenters. The quantitative estimate of drug-likeness (QED) is 0.804. The highest BCUT2D eigenvalue weighted by molar-refractivity contribution is 5.97. The van der Waals surface area contributed by atoms with Crippen LogP contribution in [-0.4, -0.2) is 48.2 Å². The van der Waals surface area contributed by atoms with Gasteiger partial charge in [0.1, 0.15) is 18.3 Å². The van der Waals surface area contributed by atoms with Crippen molar-refractivity contribution in [3.8, 4) is 5.88 Å². The van der Waals surface area contributed by atoms with Crippen LogP contribution in [0.3, 0.4) is 0 Å². The van der Waals surface area contributed by atoms with Crippen molar-refractivity contribution in [3.05, 3.63) is 23.4 Å². The fourth-order valence-corrected chi connectivity index (χ4v) is 3.57. The average molecular weight is 359 g/mol. The maximum Gasteiger partial charge on any atom is 0.270 e. The van der Waals surface area contributed by atoms with Crippen molar-refractivity contribution in [2.75, 3.05) is 13.2 Å². The van der Waals surface area contributed by atoms with Crippen molar-refractivity contribution in [1.82, 2.24) is 15.6 Å². The molecule has 3 fully saturated rings. The number of aromatic nitrogens is 1. The molecule has 140 valence electrons. The molecule has 1 saturated carbocycles. The number of rotatable bonds is 6. The third kappa shape index (κ3) is 3.82. The predicted molar refractivity (Wildman–Crippen MR) is 94.2 cm³/mol. The fourth-order valence-electron chi connectivity index (χ4n) is 3.57. The van der Waals surface area contributed by atoms with Gasteiger partial charge >= 0.3 is 0 Å². The van der Waals surface area contributed by atoms with E-state index >= 15 is 0 Å². The zero-order chi connectivity index (χ0) is 18.1. The molecule has 2 aliphatic heterocycles. The third-order valence-corrected chi connectivity index (χ3v) is 5.17.